The molecule has 0 fully saturated rings. The lowest BCUT2D eigenvalue weighted by molar-refractivity contribution is -0.139. The van der Waals surface area contributed by atoms with Crippen LogP contribution >= 0.6 is 0 Å². The summed E-state index contributed by atoms with van der Waals surface area (Å²) in [5.41, 5.74) is 1.45. The molecule has 0 aliphatic heterocycles. The predicted octanol–water partition coefficient (Wildman–Crippen LogP) is 2.60. The van der Waals surface area contributed by atoms with Gasteiger partial charge in [-0.15, -0.1) is 0 Å². The molecule has 0 bridgehead atoms. The van der Waals surface area contributed by atoms with E-state index < -0.39 is 17.9 Å². The van der Waals surface area contributed by atoms with Crippen molar-refractivity contribution in [2.75, 3.05) is 0 Å². The molecule has 3 N–H and O–H groups in total. The van der Waals surface area contributed by atoms with Crippen molar-refractivity contribution >= 4 is 22.8 Å². The zero-order valence-corrected chi connectivity index (χ0v) is 11.9. The molecular weight excluding hydrogens is 275 g/mol. The Balaban J connectivity index is 2.27. The van der Waals surface area contributed by atoms with Crippen LogP contribution in [0.5, 0.6) is 0 Å². The van der Waals surface area contributed by atoms with Crippen LogP contribution in [0, 0.1) is 12.7 Å². The molecule has 1 heterocycles. The first-order valence-corrected chi connectivity index (χ1v) is 6.75. The summed E-state index contributed by atoms with van der Waals surface area (Å²) in [6.07, 6.45) is 1.00. The minimum Gasteiger partial charge on any atom is -0.480 e. The molecule has 2 aromatic rings. The van der Waals surface area contributed by atoms with E-state index in [1.54, 1.807) is 13.0 Å². The number of halogens is 1. The summed E-state index contributed by atoms with van der Waals surface area (Å²) in [4.78, 5) is 26.0. The average Bonchev–Trinajstić information content (AvgIpc) is 2.82. The number of benzene rings is 1. The maximum absolute atomic E-state index is 13.3. The Kier molecular flexibility index (Phi) is 4.26. The first-order chi connectivity index (χ1) is 9.92. The lowest BCUT2D eigenvalue weighted by Crippen LogP contribution is -2.40. The highest BCUT2D eigenvalue weighted by Crippen LogP contribution is 2.21. The minimum absolute atomic E-state index is 0.223. The SMILES string of the molecule is CCCC(NC(=O)c1cc2c(C)cc(F)cc2[nH]1)C(=O)O. The highest BCUT2D eigenvalue weighted by Gasteiger charge is 2.20. The van der Waals surface area contributed by atoms with Crippen molar-refractivity contribution in [3.8, 4) is 0 Å². The first kappa shape index (κ1) is 15.0. The smallest absolute Gasteiger partial charge is 0.326 e. The van der Waals surface area contributed by atoms with Gasteiger partial charge in [0.15, 0.2) is 0 Å². The molecule has 2 rings (SSSR count). The van der Waals surface area contributed by atoms with Crippen molar-refractivity contribution < 1.29 is 19.1 Å². The number of rotatable bonds is 5. The topological polar surface area (TPSA) is 82.2 Å². The summed E-state index contributed by atoms with van der Waals surface area (Å²) in [6.45, 7) is 3.59. The van der Waals surface area contributed by atoms with Crippen LogP contribution in [-0.4, -0.2) is 28.0 Å². The highest BCUT2D eigenvalue weighted by molar-refractivity contribution is 6.00. The summed E-state index contributed by atoms with van der Waals surface area (Å²) in [5, 5.41) is 12.3. The molecule has 21 heavy (non-hydrogen) atoms. The number of carbonyl (C=O) groups excluding carboxylic acids is 1. The second-order valence-electron chi connectivity index (χ2n) is 5.02. The van der Waals surface area contributed by atoms with Crippen molar-refractivity contribution in [2.24, 2.45) is 0 Å². The summed E-state index contributed by atoms with van der Waals surface area (Å²) in [7, 11) is 0. The number of aryl methyl sites for hydroxylation is 1. The second kappa shape index (κ2) is 5.95. The van der Waals surface area contributed by atoms with Crippen LogP contribution in [0.3, 0.4) is 0 Å². The molecule has 1 atom stereocenters. The highest BCUT2D eigenvalue weighted by atomic mass is 19.1. The summed E-state index contributed by atoms with van der Waals surface area (Å²) in [6, 6.07) is 3.37. The van der Waals surface area contributed by atoms with Crippen molar-refractivity contribution in [1.29, 1.82) is 0 Å². The van der Waals surface area contributed by atoms with Crippen molar-refractivity contribution in [3.63, 3.8) is 0 Å². The summed E-state index contributed by atoms with van der Waals surface area (Å²) < 4.78 is 13.3. The van der Waals surface area contributed by atoms with E-state index in [9.17, 15) is 14.0 Å². The van der Waals surface area contributed by atoms with Gasteiger partial charge in [0.1, 0.15) is 17.6 Å². The Labute approximate surface area is 121 Å². The Hall–Kier alpha value is -2.37. The molecule has 1 aromatic carbocycles. The lowest BCUT2D eigenvalue weighted by Gasteiger charge is -2.12. The number of nitrogens with one attached hydrogen (secondary N) is 2. The third kappa shape index (κ3) is 3.21. The number of aliphatic carboxylic acids is 1. The fraction of sp³-hybridized carbons (Fsp3) is 0.333. The first-order valence-electron chi connectivity index (χ1n) is 6.75. The Morgan fingerprint density at radius 1 is 1.38 bits per heavy atom. The van der Waals surface area contributed by atoms with Crippen LogP contribution < -0.4 is 5.32 Å². The lowest BCUT2D eigenvalue weighted by atomic mass is 10.1. The fourth-order valence-corrected chi connectivity index (χ4v) is 2.28. The van der Waals surface area contributed by atoms with Gasteiger partial charge in [0.25, 0.3) is 5.91 Å². The number of carboxylic acid groups (broad SMARTS) is 1. The van der Waals surface area contributed by atoms with E-state index in [1.165, 1.54) is 12.1 Å². The van der Waals surface area contributed by atoms with E-state index in [2.05, 4.69) is 10.3 Å². The predicted molar refractivity (Wildman–Crippen MR) is 76.8 cm³/mol. The number of carbonyl (C=O) groups is 2. The molecule has 0 saturated heterocycles. The van der Waals surface area contributed by atoms with Gasteiger partial charge in [-0.2, -0.15) is 0 Å². The number of amides is 1. The number of carboxylic acids is 1. The zero-order chi connectivity index (χ0) is 15.6. The number of H-pyrrole nitrogens is 1. The molecule has 0 radical (unpaired) electrons. The van der Waals surface area contributed by atoms with Crippen LogP contribution in [0.15, 0.2) is 18.2 Å². The molecule has 5 nitrogen and oxygen atoms in total. The molecule has 0 aliphatic carbocycles. The molecule has 0 aliphatic rings. The zero-order valence-electron chi connectivity index (χ0n) is 11.9. The van der Waals surface area contributed by atoms with Gasteiger partial charge in [0.05, 0.1) is 0 Å². The van der Waals surface area contributed by atoms with Gasteiger partial charge in [0.2, 0.25) is 0 Å². The monoisotopic (exact) mass is 292 g/mol. The fourth-order valence-electron chi connectivity index (χ4n) is 2.28. The van der Waals surface area contributed by atoms with Gasteiger partial charge in [-0.3, -0.25) is 4.79 Å². The molecular formula is C15H17FN2O3. The largest absolute Gasteiger partial charge is 0.480 e. The van der Waals surface area contributed by atoms with Gasteiger partial charge in [0, 0.05) is 10.9 Å². The van der Waals surface area contributed by atoms with E-state index in [4.69, 9.17) is 5.11 Å². The molecule has 0 spiro atoms. The molecule has 1 amide bonds. The number of fused-ring (bicyclic) bond motifs is 1. The van der Waals surface area contributed by atoms with Crippen LogP contribution in [0.4, 0.5) is 4.39 Å². The minimum atomic E-state index is -1.07. The van der Waals surface area contributed by atoms with Crippen molar-refractivity contribution in [1.82, 2.24) is 10.3 Å². The maximum Gasteiger partial charge on any atom is 0.326 e. The van der Waals surface area contributed by atoms with E-state index in [0.29, 0.717) is 23.9 Å². The van der Waals surface area contributed by atoms with E-state index in [-0.39, 0.29) is 11.5 Å². The summed E-state index contributed by atoms with van der Waals surface area (Å²) >= 11 is 0. The van der Waals surface area contributed by atoms with Crippen LogP contribution in [0.2, 0.25) is 0 Å². The van der Waals surface area contributed by atoms with Crippen LogP contribution in [0.1, 0.15) is 35.8 Å². The van der Waals surface area contributed by atoms with E-state index >= 15 is 0 Å². The second-order valence-corrected chi connectivity index (χ2v) is 5.02. The van der Waals surface area contributed by atoms with Crippen LogP contribution in [0.25, 0.3) is 10.9 Å². The molecule has 1 unspecified atom stereocenters. The van der Waals surface area contributed by atoms with Crippen LogP contribution in [-0.2, 0) is 4.79 Å². The maximum atomic E-state index is 13.3. The normalized spacial score (nSPS) is 12.3. The number of hydrogen-bond acceptors (Lipinski definition) is 2. The molecule has 0 saturated carbocycles. The molecule has 112 valence electrons. The Bertz CT molecular complexity index is 694. The molecule has 6 heteroatoms. The average molecular weight is 292 g/mol. The Morgan fingerprint density at radius 3 is 2.71 bits per heavy atom. The van der Waals surface area contributed by atoms with Gasteiger partial charge in [-0.1, -0.05) is 13.3 Å². The number of hydrogen-bond donors (Lipinski definition) is 3. The summed E-state index contributed by atoms with van der Waals surface area (Å²) in [5.74, 6) is -1.96. The van der Waals surface area contributed by atoms with Crippen molar-refractivity contribution in [2.45, 2.75) is 32.7 Å². The van der Waals surface area contributed by atoms with E-state index in [1.807, 2.05) is 6.92 Å². The van der Waals surface area contributed by atoms with Crippen molar-refractivity contribution in [3.05, 3.63) is 35.3 Å². The number of aromatic amines is 1. The quantitative estimate of drug-likeness (QED) is 0.792. The Morgan fingerprint density at radius 2 is 2.10 bits per heavy atom. The van der Waals surface area contributed by atoms with Gasteiger partial charge >= 0.3 is 5.97 Å². The standard InChI is InChI=1S/C15H17FN2O3/c1-3-4-11(15(20)21)18-14(19)13-7-10-8(2)5-9(16)6-12(10)17-13/h5-7,11,17H,3-4H2,1-2H3,(H,18,19)(H,20,21). The third-order valence-corrected chi connectivity index (χ3v) is 3.34. The number of aromatic nitrogens is 1. The van der Waals surface area contributed by atoms with E-state index in [0.717, 1.165) is 5.39 Å². The molecule has 1 aromatic heterocycles. The van der Waals surface area contributed by atoms with Gasteiger partial charge in [-0.25, -0.2) is 9.18 Å². The van der Waals surface area contributed by atoms with Gasteiger partial charge in [-0.05, 0) is 37.1 Å². The third-order valence-electron chi connectivity index (χ3n) is 3.34. The van der Waals surface area contributed by atoms with Gasteiger partial charge < -0.3 is 15.4 Å².